The summed E-state index contributed by atoms with van der Waals surface area (Å²) >= 11 is 0. The molecular weight excluding hydrogens is 322 g/mol. The Hall–Kier alpha value is -2.62. The van der Waals surface area contributed by atoms with Gasteiger partial charge in [-0.05, 0) is 57.4 Å². The summed E-state index contributed by atoms with van der Waals surface area (Å²) in [6, 6.07) is 10.3. The molecule has 0 aliphatic carbocycles. The van der Waals surface area contributed by atoms with E-state index in [-0.39, 0.29) is 18.0 Å². The van der Waals surface area contributed by atoms with E-state index in [0.717, 1.165) is 41.9 Å². The number of carbonyl (C=O) groups is 1. The molecule has 1 aromatic carbocycles. The highest BCUT2D eigenvalue weighted by atomic mass is 16.2. The molecule has 4 heteroatoms. The van der Waals surface area contributed by atoms with Gasteiger partial charge in [-0.2, -0.15) is 5.10 Å². The maximum atomic E-state index is 13.1. The monoisotopic (exact) mass is 349 g/mol. The molecule has 0 saturated carbocycles. The van der Waals surface area contributed by atoms with Crippen LogP contribution in [0.4, 0.5) is 0 Å². The van der Waals surface area contributed by atoms with E-state index < -0.39 is 0 Å². The Balaban J connectivity index is 1.76. The van der Waals surface area contributed by atoms with Crippen molar-refractivity contribution in [3.63, 3.8) is 0 Å². The summed E-state index contributed by atoms with van der Waals surface area (Å²) in [6.45, 7) is 10.7. The molecule has 26 heavy (non-hydrogen) atoms. The van der Waals surface area contributed by atoms with Crippen LogP contribution in [0.1, 0.15) is 47.1 Å². The smallest absolute Gasteiger partial charge is 0.254 e. The van der Waals surface area contributed by atoms with Crippen LogP contribution in [0.5, 0.6) is 0 Å². The highest BCUT2D eigenvalue weighted by molar-refractivity contribution is 5.95. The zero-order valence-electron chi connectivity index (χ0n) is 15.9. The predicted molar refractivity (Wildman–Crippen MR) is 105 cm³/mol. The van der Waals surface area contributed by atoms with E-state index in [1.165, 1.54) is 0 Å². The van der Waals surface area contributed by atoms with Gasteiger partial charge in [0.15, 0.2) is 0 Å². The minimum absolute atomic E-state index is 0.0892. The standard InChI is InChI=1S/C22H27N3O/c1-5-7-21-9-6-8-17(3)25(21)22(26)20-12-10-19(11-13-20)15-24-18(4)14-16(2)23-24/h5-6,8,10-14,17,21H,1,7,9,15H2,2-4H3/t17-,21-/m1/s1. The molecule has 0 spiro atoms. The molecule has 1 amide bonds. The van der Waals surface area contributed by atoms with Crippen molar-refractivity contribution in [3.05, 3.63) is 77.7 Å². The number of aromatic nitrogens is 2. The Morgan fingerprint density at radius 2 is 2.04 bits per heavy atom. The molecule has 3 rings (SSSR count). The quantitative estimate of drug-likeness (QED) is 0.756. The van der Waals surface area contributed by atoms with Crippen LogP contribution in [0.2, 0.25) is 0 Å². The lowest BCUT2D eigenvalue weighted by Gasteiger charge is -2.37. The lowest BCUT2D eigenvalue weighted by Crippen LogP contribution is -2.46. The van der Waals surface area contributed by atoms with Crippen LogP contribution >= 0.6 is 0 Å². The van der Waals surface area contributed by atoms with Gasteiger partial charge in [0.05, 0.1) is 12.2 Å². The molecule has 2 aromatic rings. The first-order valence-electron chi connectivity index (χ1n) is 9.20. The summed E-state index contributed by atoms with van der Waals surface area (Å²) in [5.41, 5.74) is 4.04. The highest BCUT2D eigenvalue weighted by Gasteiger charge is 2.28. The fourth-order valence-electron chi connectivity index (χ4n) is 3.63. The topological polar surface area (TPSA) is 38.1 Å². The molecule has 0 saturated heterocycles. The van der Waals surface area contributed by atoms with E-state index in [9.17, 15) is 4.79 Å². The van der Waals surface area contributed by atoms with Gasteiger partial charge in [-0.1, -0.05) is 30.4 Å². The summed E-state index contributed by atoms with van der Waals surface area (Å²) in [7, 11) is 0. The Labute approximate surface area is 155 Å². The fraction of sp³-hybridized carbons (Fsp3) is 0.364. The number of amides is 1. The zero-order chi connectivity index (χ0) is 18.7. The zero-order valence-corrected chi connectivity index (χ0v) is 15.9. The molecule has 0 N–H and O–H groups in total. The van der Waals surface area contributed by atoms with Crippen LogP contribution in [-0.4, -0.2) is 32.7 Å². The van der Waals surface area contributed by atoms with Crippen molar-refractivity contribution in [2.75, 3.05) is 0 Å². The van der Waals surface area contributed by atoms with Crippen LogP contribution in [0.25, 0.3) is 0 Å². The van der Waals surface area contributed by atoms with Crippen molar-refractivity contribution in [1.82, 2.24) is 14.7 Å². The predicted octanol–water partition coefficient (Wildman–Crippen LogP) is 4.28. The van der Waals surface area contributed by atoms with Crippen molar-refractivity contribution in [3.8, 4) is 0 Å². The number of aryl methyl sites for hydroxylation is 2. The number of hydrogen-bond donors (Lipinski definition) is 0. The third-order valence-corrected chi connectivity index (χ3v) is 4.96. The number of hydrogen-bond acceptors (Lipinski definition) is 2. The minimum atomic E-state index is 0.0892. The molecule has 0 bridgehead atoms. The largest absolute Gasteiger partial charge is 0.329 e. The minimum Gasteiger partial charge on any atom is -0.329 e. The van der Waals surface area contributed by atoms with Gasteiger partial charge >= 0.3 is 0 Å². The summed E-state index contributed by atoms with van der Waals surface area (Å²) < 4.78 is 1.99. The molecule has 2 atom stereocenters. The molecule has 1 aromatic heterocycles. The second-order valence-electron chi connectivity index (χ2n) is 7.08. The number of nitrogens with zero attached hydrogens (tertiary/aromatic N) is 3. The van der Waals surface area contributed by atoms with Gasteiger partial charge in [-0.25, -0.2) is 0 Å². The Bertz CT molecular complexity index is 816. The molecule has 1 aliphatic rings. The fourth-order valence-corrected chi connectivity index (χ4v) is 3.63. The van der Waals surface area contributed by atoms with E-state index >= 15 is 0 Å². The molecule has 0 fully saturated rings. The average molecular weight is 349 g/mol. The van der Waals surface area contributed by atoms with Crippen molar-refractivity contribution in [1.29, 1.82) is 0 Å². The lowest BCUT2D eigenvalue weighted by molar-refractivity contribution is 0.0622. The third-order valence-electron chi connectivity index (χ3n) is 4.96. The van der Waals surface area contributed by atoms with E-state index in [1.807, 2.05) is 46.8 Å². The first kappa shape index (κ1) is 18.2. The van der Waals surface area contributed by atoms with Crippen molar-refractivity contribution in [2.45, 2.75) is 52.2 Å². The summed E-state index contributed by atoms with van der Waals surface area (Å²) in [6.07, 6.45) is 7.87. The SMILES string of the molecule is C=CC[C@@H]1CC=C[C@@H](C)N1C(=O)c1ccc(Cn2nc(C)cc2C)cc1. The third kappa shape index (κ3) is 3.79. The van der Waals surface area contributed by atoms with Crippen molar-refractivity contribution >= 4 is 5.91 Å². The van der Waals surface area contributed by atoms with Gasteiger partial charge in [0.2, 0.25) is 0 Å². The van der Waals surface area contributed by atoms with Crippen LogP contribution in [0.15, 0.2) is 55.1 Å². The Kier molecular flexibility index (Phi) is 5.40. The molecule has 2 heterocycles. The first-order chi connectivity index (χ1) is 12.5. The number of rotatable bonds is 5. The molecule has 0 unspecified atom stereocenters. The van der Waals surface area contributed by atoms with Gasteiger partial charge in [0, 0.05) is 23.3 Å². The van der Waals surface area contributed by atoms with Crippen LogP contribution in [0.3, 0.4) is 0 Å². The van der Waals surface area contributed by atoms with Crippen LogP contribution in [0, 0.1) is 13.8 Å². The van der Waals surface area contributed by atoms with E-state index in [1.54, 1.807) is 0 Å². The highest BCUT2D eigenvalue weighted by Crippen LogP contribution is 2.23. The van der Waals surface area contributed by atoms with Gasteiger partial charge in [-0.3, -0.25) is 9.48 Å². The van der Waals surface area contributed by atoms with E-state index in [0.29, 0.717) is 0 Å². The van der Waals surface area contributed by atoms with E-state index in [2.05, 4.69) is 43.7 Å². The van der Waals surface area contributed by atoms with Gasteiger partial charge in [0.25, 0.3) is 5.91 Å². The van der Waals surface area contributed by atoms with Gasteiger partial charge < -0.3 is 4.90 Å². The van der Waals surface area contributed by atoms with Crippen molar-refractivity contribution in [2.24, 2.45) is 0 Å². The van der Waals surface area contributed by atoms with Crippen molar-refractivity contribution < 1.29 is 4.79 Å². The van der Waals surface area contributed by atoms with E-state index in [4.69, 9.17) is 0 Å². The normalized spacial score (nSPS) is 19.6. The summed E-state index contributed by atoms with van der Waals surface area (Å²) in [4.78, 5) is 15.0. The lowest BCUT2D eigenvalue weighted by atomic mass is 9.98. The second kappa shape index (κ2) is 7.73. The van der Waals surface area contributed by atoms with Crippen LogP contribution in [-0.2, 0) is 6.54 Å². The van der Waals surface area contributed by atoms with Crippen LogP contribution < -0.4 is 0 Å². The molecule has 4 nitrogen and oxygen atoms in total. The second-order valence-corrected chi connectivity index (χ2v) is 7.08. The maximum Gasteiger partial charge on any atom is 0.254 e. The molecule has 136 valence electrons. The first-order valence-corrected chi connectivity index (χ1v) is 9.20. The summed E-state index contributed by atoms with van der Waals surface area (Å²) in [5.74, 6) is 0.0892. The maximum absolute atomic E-state index is 13.1. The number of benzene rings is 1. The Morgan fingerprint density at radius 1 is 1.31 bits per heavy atom. The van der Waals surface area contributed by atoms with Gasteiger partial charge in [0.1, 0.15) is 0 Å². The van der Waals surface area contributed by atoms with Gasteiger partial charge in [-0.15, -0.1) is 6.58 Å². The molecular formula is C22H27N3O. The average Bonchev–Trinajstić information content (AvgIpc) is 2.93. The molecule has 1 aliphatic heterocycles. The Morgan fingerprint density at radius 3 is 2.65 bits per heavy atom. The number of carbonyl (C=O) groups excluding carboxylic acids is 1. The summed E-state index contributed by atoms with van der Waals surface area (Å²) in [5, 5.41) is 4.50. The molecule has 0 radical (unpaired) electrons.